The molecule has 0 spiro atoms. The second kappa shape index (κ2) is 11.1. The third-order valence-electron chi connectivity index (χ3n) is 8.93. The van der Waals surface area contributed by atoms with E-state index >= 15 is 0 Å². The van der Waals surface area contributed by atoms with Gasteiger partial charge in [-0.3, -0.25) is 9.36 Å². The quantitative estimate of drug-likeness (QED) is 0.187. The number of hydrogen-bond acceptors (Lipinski definition) is 1. The summed E-state index contributed by atoms with van der Waals surface area (Å²) in [5, 5.41) is 8.21. The van der Waals surface area contributed by atoms with Gasteiger partial charge in [-0.1, -0.05) is 122 Å². The van der Waals surface area contributed by atoms with E-state index in [1.165, 1.54) is 0 Å². The van der Waals surface area contributed by atoms with Crippen LogP contribution in [0.4, 0.5) is 0 Å². The van der Waals surface area contributed by atoms with Crippen LogP contribution in [0.15, 0.2) is 164 Å². The van der Waals surface area contributed by atoms with E-state index in [2.05, 4.69) is 109 Å². The minimum absolute atomic E-state index is 0.0380. The summed E-state index contributed by atoms with van der Waals surface area (Å²) in [6.07, 6.45) is 3.86. The molecule has 0 saturated heterocycles. The lowest BCUT2D eigenvalue weighted by molar-refractivity contribution is 1.05. The van der Waals surface area contributed by atoms with E-state index in [1.54, 1.807) is 0 Å². The summed E-state index contributed by atoms with van der Waals surface area (Å²) >= 11 is 0. The second-order valence-electron chi connectivity index (χ2n) is 11.4. The molecule has 0 aliphatic heterocycles. The van der Waals surface area contributed by atoms with Gasteiger partial charge in [0.15, 0.2) is 0 Å². The molecule has 0 saturated carbocycles. The largest absolute Gasteiger partial charge is 0.309 e. The van der Waals surface area contributed by atoms with Crippen LogP contribution in [0, 0.1) is 0 Å². The smallest absolute Gasteiger partial charge is 0.263 e. The molecule has 0 radical (unpaired) electrons. The topological polar surface area (TPSA) is 26.9 Å². The van der Waals surface area contributed by atoms with Gasteiger partial charge in [0.1, 0.15) is 0 Å². The maximum Gasteiger partial charge on any atom is 0.263 e. The molecule has 2 aromatic heterocycles. The highest BCUT2D eigenvalue weighted by molar-refractivity contribution is 6.16. The predicted octanol–water partition coefficient (Wildman–Crippen LogP) is 10.8. The molecule has 0 atom stereocenters. The van der Waals surface area contributed by atoms with Crippen LogP contribution < -0.4 is 5.56 Å². The van der Waals surface area contributed by atoms with E-state index in [0.29, 0.717) is 5.39 Å². The lowest BCUT2D eigenvalue weighted by Gasteiger charge is -2.18. The highest BCUT2D eigenvalue weighted by Gasteiger charge is 2.16. The van der Waals surface area contributed by atoms with Gasteiger partial charge in [-0.2, -0.15) is 0 Å². The monoisotopic (exact) mass is 590 g/mol. The Morgan fingerprint density at radius 1 is 0.413 bits per heavy atom. The Balaban J connectivity index is 1.63. The van der Waals surface area contributed by atoms with Crippen molar-refractivity contribution in [1.29, 1.82) is 0 Å². The minimum atomic E-state index is -0.0380. The fourth-order valence-corrected chi connectivity index (χ4v) is 6.93. The Morgan fingerprint density at radius 3 is 1.57 bits per heavy atom. The normalized spacial score (nSPS) is 11.3. The molecule has 0 unspecified atom stereocenters. The van der Waals surface area contributed by atoms with Crippen molar-refractivity contribution in [3.8, 4) is 11.4 Å². The van der Waals surface area contributed by atoms with Gasteiger partial charge in [-0.05, 0) is 75.5 Å². The van der Waals surface area contributed by atoms with E-state index in [9.17, 15) is 4.79 Å². The molecule has 0 aliphatic carbocycles. The number of para-hydroxylation sites is 2. The van der Waals surface area contributed by atoms with Gasteiger partial charge in [0.2, 0.25) is 0 Å². The van der Waals surface area contributed by atoms with Crippen LogP contribution in [-0.4, -0.2) is 9.13 Å². The molecule has 8 aromatic rings. The van der Waals surface area contributed by atoms with Crippen LogP contribution >= 0.6 is 0 Å². The van der Waals surface area contributed by atoms with Crippen molar-refractivity contribution in [1.82, 2.24) is 9.13 Å². The van der Waals surface area contributed by atoms with Gasteiger partial charge < -0.3 is 4.57 Å². The first kappa shape index (κ1) is 27.4. The number of aromatic nitrogens is 2. The Bertz CT molecular complexity index is 2640. The lowest BCUT2D eigenvalue weighted by atomic mass is 10.0. The first-order chi connectivity index (χ1) is 22.7. The van der Waals surface area contributed by atoms with Crippen molar-refractivity contribution in [3.05, 3.63) is 180 Å². The molecule has 0 fully saturated rings. The Kier molecular flexibility index (Phi) is 6.58. The third-order valence-corrected chi connectivity index (χ3v) is 8.93. The van der Waals surface area contributed by atoms with Gasteiger partial charge in [-0.25, -0.2) is 0 Å². The van der Waals surface area contributed by atoms with Gasteiger partial charge in [0.05, 0.1) is 16.7 Å². The lowest BCUT2D eigenvalue weighted by Crippen LogP contribution is -2.19. The molecule has 0 aliphatic rings. The van der Waals surface area contributed by atoms with E-state index < -0.39 is 0 Å². The van der Waals surface area contributed by atoms with E-state index in [1.807, 2.05) is 71.3 Å². The van der Waals surface area contributed by atoms with Crippen molar-refractivity contribution in [2.45, 2.75) is 0 Å². The Morgan fingerprint density at radius 2 is 0.913 bits per heavy atom. The molecule has 3 heteroatoms. The average Bonchev–Trinajstić information content (AvgIpc) is 3.16. The van der Waals surface area contributed by atoms with Crippen LogP contribution in [0.3, 0.4) is 0 Å². The van der Waals surface area contributed by atoms with Gasteiger partial charge in [0.25, 0.3) is 5.56 Å². The molecule has 3 nitrogen and oxygen atoms in total. The number of hydrogen-bond donors (Lipinski definition) is 0. The van der Waals surface area contributed by atoms with E-state index in [-0.39, 0.29) is 5.56 Å². The summed E-state index contributed by atoms with van der Waals surface area (Å²) in [5.41, 5.74) is 5.52. The van der Waals surface area contributed by atoms with Crippen LogP contribution in [-0.2, 0) is 0 Å². The van der Waals surface area contributed by atoms with Crippen molar-refractivity contribution >= 4 is 66.3 Å². The first-order valence-corrected chi connectivity index (χ1v) is 15.4. The van der Waals surface area contributed by atoms with Gasteiger partial charge >= 0.3 is 0 Å². The van der Waals surface area contributed by atoms with E-state index in [4.69, 9.17) is 0 Å². The van der Waals surface area contributed by atoms with Crippen LogP contribution in [0.2, 0.25) is 0 Å². The molecular formula is C43H30N2O. The second-order valence-corrected chi connectivity index (χ2v) is 11.4. The van der Waals surface area contributed by atoms with Crippen molar-refractivity contribution < 1.29 is 0 Å². The molecular weight excluding hydrogens is 560 g/mol. The molecule has 46 heavy (non-hydrogen) atoms. The zero-order valence-electron chi connectivity index (χ0n) is 25.2. The number of rotatable bonds is 4. The fraction of sp³-hybridized carbons (Fsp3) is 0. The van der Waals surface area contributed by atoms with Crippen LogP contribution in [0.5, 0.6) is 0 Å². The van der Waals surface area contributed by atoms with Crippen LogP contribution in [0.1, 0.15) is 11.3 Å². The van der Waals surface area contributed by atoms with Gasteiger partial charge in [-0.15, -0.1) is 0 Å². The fourth-order valence-electron chi connectivity index (χ4n) is 6.93. The molecule has 2 heterocycles. The average molecular weight is 591 g/mol. The van der Waals surface area contributed by atoms with Crippen molar-refractivity contribution in [2.24, 2.45) is 0 Å². The standard InChI is InChI=1S/C43H30N2O/c1-3-31-32-18-8-9-19-33(32)34-20-10-11-21-35(34)37-23-14-15-25-41(37)44(40(31)4-2)30-26-27-42-39(28-30)36-22-12-13-24-38(36)43(46)45(42)29-16-6-5-7-17-29/h3-28H,1-2H2. The Hall–Kier alpha value is -6.19. The Labute approximate surface area is 266 Å². The zero-order chi connectivity index (χ0) is 31.2. The molecule has 0 N–H and O–H groups in total. The molecule has 0 amide bonds. The summed E-state index contributed by atoms with van der Waals surface area (Å²) in [6.45, 7) is 8.64. The van der Waals surface area contributed by atoms with Crippen molar-refractivity contribution in [2.75, 3.05) is 0 Å². The first-order valence-electron chi connectivity index (χ1n) is 15.4. The highest BCUT2D eigenvalue weighted by atomic mass is 16.1. The van der Waals surface area contributed by atoms with Gasteiger partial charge in [0, 0.05) is 33.1 Å². The maximum absolute atomic E-state index is 13.9. The number of fused-ring (bicyclic) bond motifs is 8. The SMILES string of the molecule is C=Cc1c(C=C)n(-c2ccc3c(c2)c2ccccc2c(=O)n3-c2ccccc2)c2ccccc2c2ccccc2c2ccccc12. The molecule has 6 aromatic carbocycles. The van der Waals surface area contributed by atoms with Crippen molar-refractivity contribution in [3.63, 3.8) is 0 Å². The van der Waals surface area contributed by atoms with Crippen LogP contribution in [0.25, 0.3) is 77.7 Å². The maximum atomic E-state index is 13.9. The molecule has 0 bridgehead atoms. The minimum Gasteiger partial charge on any atom is -0.309 e. The molecule has 218 valence electrons. The third kappa shape index (κ3) is 4.17. The number of nitrogens with zero attached hydrogens (tertiary/aromatic N) is 2. The predicted molar refractivity (Wildman–Crippen MR) is 197 cm³/mol. The summed E-state index contributed by atoms with van der Waals surface area (Å²) in [7, 11) is 0. The summed E-state index contributed by atoms with van der Waals surface area (Å²) < 4.78 is 4.10. The summed E-state index contributed by atoms with van der Waals surface area (Å²) in [6, 6.07) is 49.7. The summed E-state index contributed by atoms with van der Waals surface area (Å²) in [5.74, 6) is 0. The molecule has 8 rings (SSSR count). The highest BCUT2D eigenvalue weighted by Crippen LogP contribution is 2.35. The zero-order valence-corrected chi connectivity index (χ0v) is 25.2. The number of pyridine rings is 1. The number of benzene rings is 6. The summed E-state index contributed by atoms with van der Waals surface area (Å²) in [4.78, 5) is 13.9. The van der Waals surface area contributed by atoms with E-state index in [0.717, 1.165) is 71.4 Å².